The van der Waals surface area contributed by atoms with Crippen LogP contribution in [0.4, 0.5) is 17.1 Å². The van der Waals surface area contributed by atoms with Crippen molar-refractivity contribution < 1.29 is 0 Å². The highest BCUT2D eigenvalue weighted by Crippen LogP contribution is 2.62. The molecule has 1 aliphatic heterocycles. The fourth-order valence-corrected chi connectivity index (χ4v) is 11.0. The van der Waals surface area contributed by atoms with E-state index in [1.54, 1.807) is 0 Å². The maximum atomic E-state index is 2.52. The Morgan fingerprint density at radius 2 is 0.897 bits per heavy atom. The average Bonchev–Trinajstić information content (AvgIpc) is 3.77. The van der Waals surface area contributed by atoms with E-state index >= 15 is 0 Å². The van der Waals surface area contributed by atoms with E-state index in [2.05, 4.69) is 228 Å². The van der Waals surface area contributed by atoms with Crippen LogP contribution in [0.2, 0.25) is 0 Å². The summed E-state index contributed by atoms with van der Waals surface area (Å²) in [5, 5.41) is 2.52. The van der Waals surface area contributed by atoms with Gasteiger partial charge in [0, 0.05) is 43.3 Å². The van der Waals surface area contributed by atoms with Gasteiger partial charge in [0.05, 0.1) is 16.4 Å². The largest absolute Gasteiger partial charge is 0.311 e. The van der Waals surface area contributed by atoms with Crippen molar-refractivity contribution in [3.05, 3.63) is 241 Å². The molecule has 9 aromatic carbocycles. The molecule has 0 fully saturated rings. The number of aromatic nitrogens is 1. The van der Waals surface area contributed by atoms with E-state index in [4.69, 9.17) is 0 Å². The van der Waals surface area contributed by atoms with Crippen LogP contribution in [0.5, 0.6) is 0 Å². The molecule has 0 unspecified atom stereocenters. The van der Waals surface area contributed by atoms with E-state index in [1.165, 1.54) is 76.1 Å². The lowest BCUT2D eigenvalue weighted by molar-refractivity contribution is 0.724. The van der Waals surface area contributed by atoms with Gasteiger partial charge in [-0.1, -0.05) is 157 Å². The van der Waals surface area contributed by atoms with Crippen LogP contribution in [-0.2, 0) is 5.41 Å². The van der Waals surface area contributed by atoms with Gasteiger partial charge in [0.15, 0.2) is 0 Å². The minimum Gasteiger partial charge on any atom is -0.311 e. The molecular weight excluding hydrogens is 721 g/mol. The second-order valence-electron chi connectivity index (χ2n) is 15.3. The van der Waals surface area contributed by atoms with Crippen molar-refractivity contribution in [2.24, 2.45) is 0 Å². The summed E-state index contributed by atoms with van der Waals surface area (Å²) in [6, 6.07) is 80.3. The quantitative estimate of drug-likeness (QED) is 0.173. The molecule has 2 nitrogen and oxygen atoms in total. The van der Waals surface area contributed by atoms with Gasteiger partial charge in [-0.2, -0.15) is 0 Å². The van der Waals surface area contributed by atoms with Crippen LogP contribution in [0.1, 0.15) is 22.3 Å². The molecule has 10 aromatic rings. The number of hydrogen-bond donors (Lipinski definition) is 0. The van der Waals surface area contributed by atoms with E-state index in [-0.39, 0.29) is 0 Å². The van der Waals surface area contributed by atoms with Crippen LogP contribution in [-0.4, -0.2) is 4.57 Å². The number of anilines is 3. The lowest BCUT2D eigenvalue weighted by Crippen LogP contribution is -2.31. The van der Waals surface area contributed by atoms with Crippen LogP contribution in [0, 0.1) is 0 Å². The minimum absolute atomic E-state index is 0.413. The summed E-state index contributed by atoms with van der Waals surface area (Å²) in [5.74, 6) is 0. The summed E-state index contributed by atoms with van der Waals surface area (Å²) in [6.45, 7) is 0. The molecule has 0 radical (unpaired) electrons. The Bertz CT molecular complexity index is 3140. The predicted octanol–water partition coefficient (Wildman–Crippen LogP) is 14.7. The average molecular weight is 757 g/mol. The van der Waals surface area contributed by atoms with E-state index in [0.29, 0.717) is 0 Å². The van der Waals surface area contributed by atoms with Gasteiger partial charge in [0.1, 0.15) is 0 Å². The number of benzene rings is 9. The molecular formula is C55H36N2S. The normalized spacial score (nSPS) is 13.2. The first-order valence-corrected chi connectivity index (χ1v) is 20.7. The molecule has 58 heavy (non-hydrogen) atoms. The Labute approximate surface area is 342 Å². The Kier molecular flexibility index (Phi) is 7.41. The summed E-state index contributed by atoms with van der Waals surface area (Å²) in [6.07, 6.45) is 0. The Morgan fingerprint density at radius 3 is 1.60 bits per heavy atom. The topological polar surface area (TPSA) is 8.17 Å². The predicted molar refractivity (Wildman–Crippen MR) is 242 cm³/mol. The van der Waals surface area contributed by atoms with Crippen molar-refractivity contribution in [1.29, 1.82) is 0 Å². The maximum absolute atomic E-state index is 2.52. The zero-order valence-electron chi connectivity index (χ0n) is 31.6. The standard InChI is InChI=1S/C55H36N2S/c1-3-15-37(16-4-1)38-27-29-40(30-28-38)56(39-17-5-2-6-18-39)41-31-33-42(34-32-41)57-51-25-13-9-21-45(51)46-35-50-54(36-52(46)57)58-53-26-14-12-24-49(53)55(50)47-22-10-7-19-43(47)44-20-8-11-23-48(44)55/h1-36H. The second-order valence-corrected chi connectivity index (χ2v) is 16.3. The Hall–Kier alpha value is -7.07. The number of rotatable bonds is 5. The summed E-state index contributed by atoms with van der Waals surface area (Å²) in [4.78, 5) is 4.95. The summed E-state index contributed by atoms with van der Waals surface area (Å²) in [7, 11) is 0. The van der Waals surface area contributed by atoms with Gasteiger partial charge in [-0.05, 0) is 117 Å². The zero-order valence-corrected chi connectivity index (χ0v) is 32.4. The van der Waals surface area contributed by atoms with Gasteiger partial charge in [-0.15, -0.1) is 0 Å². The van der Waals surface area contributed by atoms with E-state index in [1.807, 2.05) is 11.8 Å². The lowest BCUT2D eigenvalue weighted by Gasteiger charge is -2.39. The number of hydrogen-bond acceptors (Lipinski definition) is 2. The van der Waals surface area contributed by atoms with E-state index < -0.39 is 5.41 Å². The molecule has 0 atom stereocenters. The summed E-state index contributed by atoms with van der Waals surface area (Å²) < 4.78 is 2.46. The zero-order chi connectivity index (χ0) is 38.2. The highest BCUT2D eigenvalue weighted by molar-refractivity contribution is 7.99. The van der Waals surface area contributed by atoms with Crippen LogP contribution in [0.3, 0.4) is 0 Å². The van der Waals surface area contributed by atoms with Crippen molar-refractivity contribution in [1.82, 2.24) is 4.57 Å². The third-order valence-corrected chi connectivity index (χ3v) is 13.4. The second kappa shape index (κ2) is 13.0. The number of nitrogens with zero attached hydrogens (tertiary/aromatic N) is 2. The van der Waals surface area contributed by atoms with Gasteiger partial charge in [-0.3, -0.25) is 0 Å². The number of fused-ring (bicyclic) bond motifs is 12. The molecule has 0 saturated heterocycles. The van der Waals surface area contributed by atoms with Crippen molar-refractivity contribution in [3.63, 3.8) is 0 Å². The van der Waals surface area contributed by atoms with Gasteiger partial charge in [0.2, 0.25) is 0 Å². The molecule has 1 spiro atoms. The molecule has 12 rings (SSSR count). The smallest absolute Gasteiger partial charge is 0.0735 e. The SMILES string of the molecule is c1ccc(-c2ccc(N(c3ccccc3)c3ccc(-n4c5ccccc5c5cc6c(cc54)Sc4ccccc4C64c5ccccc5-c5ccccc54)cc3)cc2)cc1. The van der Waals surface area contributed by atoms with Gasteiger partial charge in [0.25, 0.3) is 0 Å². The monoisotopic (exact) mass is 756 g/mol. The molecule has 0 bridgehead atoms. The lowest BCUT2D eigenvalue weighted by atomic mass is 9.67. The molecule has 1 aliphatic carbocycles. The Morgan fingerprint density at radius 1 is 0.362 bits per heavy atom. The van der Waals surface area contributed by atoms with Crippen LogP contribution >= 0.6 is 11.8 Å². The van der Waals surface area contributed by atoms with E-state index in [0.717, 1.165) is 22.7 Å². The first-order chi connectivity index (χ1) is 28.8. The molecule has 3 heteroatoms. The highest BCUT2D eigenvalue weighted by atomic mass is 32.2. The molecule has 272 valence electrons. The third-order valence-electron chi connectivity index (χ3n) is 12.3. The van der Waals surface area contributed by atoms with Crippen LogP contribution < -0.4 is 4.90 Å². The third kappa shape index (κ3) is 4.81. The molecule has 1 aromatic heterocycles. The molecule has 2 heterocycles. The highest BCUT2D eigenvalue weighted by Gasteiger charge is 2.50. The van der Waals surface area contributed by atoms with Crippen molar-refractivity contribution in [2.75, 3.05) is 4.90 Å². The van der Waals surface area contributed by atoms with Crippen molar-refractivity contribution in [3.8, 4) is 27.9 Å². The van der Waals surface area contributed by atoms with E-state index in [9.17, 15) is 0 Å². The number of para-hydroxylation sites is 2. The van der Waals surface area contributed by atoms with Crippen molar-refractivity contribution >= 4 is 50.6 Å². The molecule has 2 aliphatic rings. The summed E-state index contributed by atoms with van der Waals surface area (Å²) in [5.41, 5.74) is 17.0. The molecule has 0 N–H and O–H groups in total. The van der Waals surface area contributed by atoms with Gasteiger partial charge >= 0.3 is 0 Å². The van der Waals surface area contributed by atoms with Gasteiger partial charge < -0.3 is 9.47 Å². The molecule has 0 amide bonds. The summed E-state index contributed by atoms with van der Waals surface area (Å²) >= 11 is 1.90. The fourth-order valence-electron chi connectivity index (χ4n) is 9.80. The first kappa shape index (κ1) is 33.1. The van der Waals surface area contributed by atoms with Crippen LogP contribution in [0.15, 0.2) is 228 Å². The Balaban J connectivity index is 1.03. The first-order valence-electron chi connectivity index (χ1n) is 19.9. The minimum atomic E-state index is -0.413. The van der Waals surface area contributed by atoms with Crippen molar-refractivity contribution in [2.45, 2.75) is 15.2 Å². The maximum Gasteiger partial charge on any atom is 0.0735 e. The van der Waals surface area contributed by atoms with Gasteiger partial charge in [-0.25, -0.2) is 0 Å². The van der Waals surface area contributed by atoms with Crippen LogP contribution in [0.25, 0.3) is 49.7 Å². The fraction of sp³-hybridized carbons (Fsp3) is 0.0182. The molecule has 0 saturated carbocycles.